The first-order valence-corrected chi connectivity index (χ1v) is 6.35. The number of hydrogen-bond acceptors (Lipinski definition) is 3. The van der Waals surface area contributed by atoms with Gasteiger partial charge in [-0.25, -0.2) is 0 Å². The smallest absolute Gasteiger partial charge is 0.0594 e. The average molecular weight is 203 g/mol. The number of rotatable bonds is 4. The van der Waals surface area contributed by atoms with Crippen molar-refractivity contribution in [2.24, 2.45) is 5.92 Å². The molecule has 0 bridgehead atoms. The molecule has 2 nitrogen and oxygen atoms in total. The van der Waals surface area contributed by atoms with Crippen LogP contribution in [0.5, 0.6) is 0 Å². The van der Waals surface area contributed by atoms with Crippen LogP contribution in [0.4, 0.5) is 0 Å². The highest BCUT2D eigenvalue weighted by Crippen LogP contribution is 2.17. The summed E-state index contributed by atoms with van der Waals surface area (Å²) in [5.74, 6) is 0.785. The van der Waals surface area contributed by atoms with Crippen LogP contribution in [0.15, 0.2) is 0 Å². The van der Waals surface area contributed by atoms with Crippen molar-refractivity contribution in [1.29, 1.82) is 0 Å². The van der Waals surface area contributed by atoms with Crippen LogP contribution in [-0.2, 0) is 4.74 Å². The SMILES string of the molecule is CSC(C)C(C)CN1CCOCC1. The molecule has 0 aromatic carbocycles. The summed E-state index contributed by atoms with van der Waals surface area (Å²) in [4.78, 5) is 2.51. The lowest BCUT2D eigenvalue weighted by atomic mass is 10.1. The highest BCUT2D eigenvalue weighted by molar-refractivity contribution is 7.99. The van der Waals surface area contributed by atoms with Crippen molar-refractivity contribution < 1.29 is 4.74 Å². The second-order valence-corrected chi connectivity index (χ2v) is 5.05. The van der Waals surface area contributed by atoms with E-state index in [1.54, 1.807) is 0 Å². The Kier molecular flexibility index (Phi) is 5.14. The fraction of sp³-hybridized carbons (Fsp3) is 1.00. The van der Waals surface area contributed by atoms with Gasteiger partial charge in [0.05, 0.1) is 13.2 Å². The molecule has 0 radical (unpaired) electrons. The monoisotopic (exact) mass is 203 g/mol. The fourth-order valence-electron chi connectivity index (χ4n) is 1.57. The van der Waals surface area contributed by atoms with Gasteiger partial charge in [0, 0.05) is 24.9 Å². The molecular weight excluding hydrogens is 182 g/mol. The lowest BCUT2D eigenvalue weighted by Gasteiger charge is -2.30. The quantitative estimate of drug-likeness (QED) is 0.690. The lowest BCUT2D eigenvalue weighted by molar-refractivity contribution is 0.0319. The van der Waals surface area contributed by atoms with E-state index in [1.807, 2.05) is 11.8 Å². The van der Waals surface area contributed by atoms with Crippen LogP contribution < -0.4 is 0 Å². The van der Waals surface area contributed by atoms with Gasteiger partial charge in [0.2, 0.25) is 0 Å². The Morgan fingerprint density at radius 1 is 1.31 bits per heavy atom. The van der Waals surface area contributed by atoms with E-state index in [1.165, 1.54) is 6.54 Å². The topological polar surface area (TPSA) is 12.5 Å². The zero-order valence-electron chi connectivity index (χ0n) is 8.95. The summed E-state index contributed by atoms with van der Waals surface area (Å²) in [6, 6.07) is 0. The fourth-order valence-corrected chi connectivity index (χ4v) is 2.12. The van der Waals surface area contributed by atoms with Crippen LogP contribution in [0.25, 0.3) is 0 Å². The second kappa shape index (κ2) is 5.89. The van der Waals surface area contributed by atoms with Crippen LogP contribution in [-0.4, -0.2) is 49.3 Å². The Balaban J connectivity index is 2.21. The van der Waals surface area contributed by atoms with Crippen LogP contribution in [0.2, 0.25) is 0 Å². The summed E-state index contributed by atoms with van der Waals surface area (Å²) in [6.07, 6.45) is 2.19. The molecule has 0 saturated carbocycles. The number of nitrogens with zero attached hydrogens (tertiary/aromatic N) is 1. The molecule has 0 aliphatic carbocycles. The molecule has 1 fully saturated rings. The maximum absolute atomic E-state index is 5.32. The van der Waals surface area contributed by atoms with E-state index >= 15 is 0 Å². The summed E-state index contributed by atoms with van der Waals surface area (Å²) in [5, 5.41) is 0.767. The van der Waals surface area contributed by atoms with E-state index in [4.69, 9.17) is 4.74 Å². The van der Waals surface area contributed by atoms with Gasteiger partial charge in [-0.05, 0) is 12.2 Å². The predicted molar refractivity (Wildman–Crippen MR) is 59.4 cm³/mol. The molecule has 2 atom stereocenters. The standard InChI is InChI=1S/C10H21NOS/c1-9(10(2)13-3)8-11-4-6-12-7-5-11/h9-10H,4-8H2,1-3H3. The van der Waals surface area contributed by atoms with Gasteiger partial charge in [0.1, 0.15) is 0 Å². The number of morpholine rings is 1. The maximum Gasteiger partial charge on any atom is 0.0594 e. The summed E-state index contributed by atoms with van der Waals surface area (Å²) in [7, 11) is 0. The van der Waals surface area contributed by atoms with Crippen LogP contribution >= 0.6 is 11.8 Å². The number of ether oxygens (including phenoxy) is 1. The van der Waals surface area contributed by atoms with E-state index in [0.29, 0.717) is 0 Å². The molecule has 1 aliphatic rings. The third-order valence-electron chi connectivity index (χ3n) is 2.82. The average Bonchev–Trinajstić information content (AvgIpc) is 2.18. The normalized spacial score (nSPS) is 24.2. The zero-order valence-corrected chi connectivity index (χ0v) is 9.77. The molecule has 78 valence electrons. The van der Waals surface area contributed by atoms with Crippen LogP contribution in [0.3, 0.4) is 0 Å². The van der Waals surface area contributed by atoms with Gasteiger partial charge in [0.15, 0.2) is 0 Å². The molecule has 0 spiro atoms. The van der Waals surface area contributed by atoms with Crippen molar-refractivity contribution in [3.8, 4) is 0 Å². The third kappa shape index (κ3) is 3.88. The van der Waals surface area contributed by atoms with Gasteiger partial charge in [-0.1, -0.05) is 13.8 Å². The minimum Gasteiger partial charge on any atom is -0.379 e. The van der Waals surface area contributed by atoms with E-state index in [2.05, 4.69) is 25.0 Å². The second-order valence-electron chi connectivity index (χ2n) is 3.83. The maximum atomic E-state index is 5.32. The molecule has 0 aromatic rings. The molecule has 0 amide bonds. The zero-order chi connectivity index (χ0) is 9.68. The molecule has 1 aliphatic heterocycles. The lowest BCUT2D eigenvalue weighted by Crippen LogP contribution is -2.40. The molecular formula is C10H21NOS. The highest BCUT2D eigenvalue weighted by Gasteiger charge is 2.17. The minimum atomic E-state index is 0.767. The highest BCUT2D eigenvalue weighted by atomic mass is 32.2. The van der Waals surface area contributed by atoms with Crippen LogP contribution in [0, 0.1) is 5.92 Å². The van der Waals surface area contributed by atoms with Gasteiger partial charge < -0.3 is 4.74 Å². The van der Waals surface area contributed by atoms with Gasteiger partial charge in [-0.3, -0.25) is 4.90 Å². The van der Waals surface area contributed by atoms with Crippen molar-refractivity contribution in [3.05, 3.63) is 0 Å². The molecule has 2 unspecified atom stereocenters. The summed E-state index contributed by atoms with van der Waals surface area (Å²) in [5.41, 5.74) is 0. The predicted octanol–water partition coefficient (Wildman–Crippen LogP) is 1.71. The number of hydrogen-bond donors (Lipinski definition) is 0. The molecule has 0 N–H and O–H groups in total. The summed E-state index contributed by atoms with van der Waals surface area (Å²) < 4.78 is 5.32. The Labute approximate surface area is 86.0 Å². The Hall–Kier alpha value is 0.270. The molecule has 1 heterocycles. The minimum absolute atomic E-state index is 0.767. The van der Waals surface area contributed by atoms with Crippen molar-refractivity contribution in [2.75, 3.05) is 39.1 Å². The van der Waals surface area contributed by atoms with E-state index < -0.39 is 0 Å². The van der Waals surface area contributed by atoms with Gasteiger partial charge in [0.25, 0.3) is 0 Å². The molecule has 3 heteroatoms. The Morgan fingerprint density at radius 2 is 1.92 bits per heavy atom. The van der Waals surface area contributed by atoms with E-state index in [9.17, 15) is 0 Å². The first kappa shape index (κ1) is 11.3. The first-order valence-electron chi connectivity index (χ1n) is 5.07. The molecule has 1 saturated heterocycles. The van der Waals surface area contributed by atoms with Gasteiger partial charge >= 0.3 is 0 Å². The van der Waals surface area contributed by atoms with Crippen molar-refractivity contribution in [1.82, 2.24) is 4.90 Å². The van der Waals surface area contributed by atoms with Crippen molar-refractivity contribution in [3.63, 3.8) is 0 Å². The Morgan fingerprint density at radius 3 is 2.46 bits per heavy atom. The van der Waals surface area contributed by atoms with E-state index in [-0.39, 0.29) is 0 Å². The van der Waals surface area contributed by atoms with Crippen molar-refractivity contribution >= 4 is 11.8 Å². The molecule has 1 rings (SSSR count). The summed E-state index contributed by atoms with van der Waals surface area (Å²) >= 11 is 1.96. The largest absolute Gasteiger partial charge is 0.379 e. The first-order chi connectivity index (χ1) is 6.24. The van der Waals surface area contributed by atoms with Crippen molar-refractivity contribution in [2.45, 2.75) is 19.1 Å². The van der Waals surface area contributed by atoms with E-state index in [0.717, 1.165) is 37.5 Å². The Bertz CT molecular complexity index is 137. The van der Waals surface area contributed by atoms with Gasteiger partial charge in [-0.2, -0.15) is 11.8 Å². The van der Waals surface area contributed by atoms with Crippen LogP contribution in [0.1, 0.15) is 13.8 Å². The molecule has 13 heavy (non-hydrogen) atoms. The molecule has 0 aromatic heterocycles. The van der Waals surface area contributed by atoms with Gasteiger partial charge in [-0.15, -0.1) is 0 Å². The third-order valence-corrected chi connectivity index (χ3v) is 4.03. The number of thioether (sulfide) groups is 1. The summed E-state index contributed by atoms with van der Waals surface area (Å²) in [6.45, 7) is 9.95.